The number of carbonyl (C=O) groups excluding carboxylic acids is 1. The third-order valence-corrected chi connectivity index (χ3v) is 8.17. The van der Waals surface area contributed by atoms with E-state index in [4.69, 9.17) is 4.74 Å². The Labute approximate surface area is 262 Å². The summed E-state index contributed by atoms with van der Waals surface area (Å²) in [4.78, 5) is 43.6. The Kier molecular flexibility index (Phi) is 8.17. The molecule has 2 N–H and O–H groups in total. The molecule has 0 spiro atoms. The number of ether oxygens (including phenoxy) is 1. The van der Waals surface area contributed by atoms with E-state index in [2.05, 4.69) is 10.3 Å². The van der Waals surface area contributed by atoms with Crippen molar-refractivity contribution in [3.63, 3.8) is 0 Å². The fourth-order valence-electron chi connectivity index (χ4n) is 5.83. The van der Waals surface area contributed by atoms with Crippen LogP contribution >= 0.6 is 0 Å². The van der Waals surface area contributed by atoms with Crippen molar-refractivity contribution in [2.45, 2.75) is 24.7 Å². The molecule has 6 rings (SSSR count). The van der Waals surface area contributed by atoms with Gasteiger partial charge in [0.2, 0.25) is 0 Å². The van der Waals surface area contributed by atoms with Gasteiger partial charge < -0.3 is 29.0 Å². The van der Waals surface area contributed by atoms with Gasteiger partial charge in [0.1, 0.15) is 34.9 Å². The first-order valence-corrected chi connectivity index (χ1v) is 14.3. The Morgan fingerprint density at radius 3 is 2.51 bits per heavy atom. The molecule has 10 nitrogen and oxygen atoms in total. The predicted octanol–water partition coefficient (Wildman–Crippen LogP) is 4.32. The second kappa shape index (κ2) is 12.1. The maximum Gasteiger partial charge on any atom is 0.411 e. The summed E-state index contributed by atoms with van der Waals surface area (Å²) in [7, 11) is 1.65. The first-order chi connectivity index (χ1) is 22.3. The van der Waals surface area contributed by atoms with Crippen LogP contribution in [0.2, 0.25) is 0 Å². The van der Waals surface area contributed by atoms with Gasteiger partial charge in [-0.3, -0.25) is 9.59 Å². The lowest BCUT2D eigenvalue weighted by atomic mass is 10.0. The maximum atomic E-state index is 15.1. The number of para-hydroxylation sites is 1. The van der Waals surface area contributed by atoms with E-state index >= 15 is 8.78 Å². The normalized spacial score (nSPS) is 16.0. The molecule has 4 heterocycles. The fourth-order valence-corrected chi connectivity index (χ4v) is 5.83. The second-order valence-electron chi connectivity index (χ2n) is 11.0. The molecule has 1 fully saturated rings. The molecule has 2 aromatic carbocycles. The van der Waals surface area contributed by atoms with E-state index in [0.717, 1.165) is 15.8 Å². The predicted molar refractivity (Wildman–Crippen MR) is 160 cm³/mol. The highest BCUT2D eigenvalue weighted by Crippen LogP contribution is 2.33. The van der Waals surface area contributed by atoms with Crippen molar-refractivity contribution >= 4 is 34.1 Å². The fraction of sp³-hybridized carbons (Fsp3) is 0.250. The van der Waals surface area contributed by atoms with Gasteiger partial charge in [-0.2, -0.15) is 13.2 Å². The molecule has 1 aliphatic heterocycles. The molecule has 15 heteroatoms. The second-order valence-corrected chi connectivity index (χ2v) is 11.0. The van der Waals surface area contributed by atoms with Crippen molar-refractivity contribution in [2.24, 2.45) is 7.05 Å². The molecule has 47 heavy (non-hydrogen) atoms. The van der Waals surface area contributed by atoms with Gasteiger partial charge in [0, 0.05) is 49.4 Å². The van der Waals surface area contributed by atoms with Gasteiger partial charge in [0.15, 0.2) is 0 Å². The topological polar surface area (TPSA) is 118 Å². The molecule has 1 saturated heterocycles. The lowest BCUT2D eigenvalue weighted by Crippen LogP contribution is -2.53. The van der Waals surface area contributed by atoms with Crippen LogP contribution in [-0.4, -0.2) is 69.0 Å². The van der Waals surface area contributed by atoms with Crippen LogP contribution in [0, 0.1) is 11.6 Å². The van der Waals surface area contributed by atoms with E-state index in [0.29, 0.717) is 34.6 Å². The van der Waals surface area contributed by atoms with E-state index in [1.165, 1.54) is 10.8 Å². The van der Waals surface area contributed by atoms with Gasteiger partial charge in [-0.25, -0.2) is 18.6 Å². The summed E-state index contributed by atoms with van der Waals surface area (Å²) >= 11 is 0. The Balaban J connectivity index is 1.28. The number of aryl methyl sites for hydroxylation is 1. The number of aliphatic carboxylic acids is 1. The largest absolute Gasteiger partial charge is 0.480 e. The quantitative estimate of drug-likeness (QED) is 0.251. The van der Waals surface area contributed by atoms with Crippen LogP contribution in [0.4, 0.5) is 27.6 Å². The standard InChI is InChI=1S/C32H26F5N5O5/c1-40-25-5-3-2-4-17(25)12-21(30(40)44)20-7-6-18(42-9-8-38-28(20)42)15-24(31(45)46)39-29(43)27-22(33)13-19(14-23(27)34)41-10-11-47-16-26(41)32(35,36)37/h2-9,12-14,24,26H,10-11,15-16H2,1H3,(H,39,43)(H,45,46)/t24?,26-/m0/s1. The molecule has 1 amide bonds. The summed E-state index contributed by atoms with van der Waals surface area (Å²) < 4.78 is 78.7. The summed E-state index contributed by atoms with van der Waals surface area (Å²) in [5.74, 6) is -5.86. The average molecular weight is 656 g/mol. The van der Waals surface area contributed by atoms with Crippen molar-refractivity contribution in [1.82, 2.24) is 19.3 Å². The van der Waals surface area contributed by atoms with E-state index in [1.54, 1.807) is 35.8 Å². The summed E-state index contributed by atoms with van der Waals surface area (Å²) in [6.45, 7) is -1.14. The zero-order chi connectivity index (χ0) is 33.6. The monoisotopic (exact) mass is 655 g/mol. The van der Waals surface area contributed by atoms with Crippen molar-refractivity contribution in [3.8, 4) is 11.1 Å². The van der Waals surface area contributed by atoms with Gasteiger partial charge in [0.25, 0.3) is 11.5 Å². The van der Waals surface area contributed by atoms with Gasteiger partial charge in [-0.15, -0.1) is 0 Å². The number of morpholine rings is 1. The highest BCUT2D eigenvalue weighted by atomic mass is 19.4. The Morgan fingerprint density at radius 2 is 1.81 bits per heavy atom. The molecule has 5 aromatic rings. The average Bonchev–Trinajstić information content (AvgIpc) is 3.53. The highest BCUT2D eigenvalue weighted by Gasteiger charge is 2.46. The van der Waals surface area contributed by atoms with Gasteiger partial charge in [-0.05, 0) is 41.8 Å². The number of amides is 1. The molecule has 0 saturated carbocycles. The molecule has 1 unspecified atom stereocenters. The minimum atomic E-state index is -4.75. The number of anilines is 1. The number of aromatic nitrogens is 3. The summed E-state index contributed by atoms with van der Waals surface area (Å²) in [6.07, 6.45) is -2.11. The van der Waals surface area contributed by atoms with E-state index in [9.17, 15) is 32.7 Å². The number of rotatable bonds is 7. The number of halogens is 5. The van der Waals surface area contributed by atoms with Crippen molar-refractivity contribution in [3.05, 3.63) is 100 Å². The first kappa shape index (κ1) is 31.7. The number of imidazole rings is 1. The molecule has 0 bridgehead atoms. The van der Waals surface area contributed by atoms with Gasteiger partial charge >= 0.3 is 12.1 Å². The third-order valence-electron chi connectivity index (χ3n) is 8.17. The number of carboxylic acids is 1. The SMILES string of the molecule is Cn1c(=O)c(-c2ccc(CC(NC(=O)c3c(F)cc(N4CCOC[C@H]4C(F)(F)F)cc3F)C(=O)O)n3ccnc23)cc2ccccc21. The number of alkyl halides is 3. The molecule has 0 radical (unpaired) electrons. The van der Waals surface area contributed by atoms with Crippen LogP contribution in [-0.2, 0) is 23.0 Å². The number of fused-ring (bicyclic) bond motifs is 2. The van der Waals surface area contributed by atoms with Crippen molar-refractivity contribution in [2.75, 3.05) is 24.7 Å². The van der Waals surface area contributed by atoms with Crippen LogP contribution in [0.1, 0.15) is 16.1 Å². The number of pyridine rings is 2. The van der Waals surface area contributed by atoms with Crippen LogP contribution < -0.4 is 15.8 Å². The highest BCUT2D eigenvalue weighted by molar-refractivity contribution is 5.97. The number of hydrogen-bond donors (Lipinski definition) is 2. The molecular weight excluding hydrogens is 629 g/mol. The van der Waals surface area contributed by atoms with Crippen LogP contribution in [0.3, 0.4) is 0 Å². The molecular formula is C32H26F5N5O5. The van der Waals surface area contributed by atoms with Crippen LogP contribution in [0.5, 0.6) is 0 Å². The molecule has 3 aromatic heterocycles. The van der Waals surface area contributed by atoms with Crippen LogP contribution in [0.25, 0.3) is 27.7 Å². The minimum absolute atomic E-state index is 0.109. The smallest absolute Gasteiger partial charge is 0.411 e. The number of nitrogens with zero attached hydrogens (tertiary/aromatic N) is 4. The Morgan fingerprint density at radius 1 is 1.09 bits per heavy atom. The number of carbonyl (C=O) groups is 2. The zero-order valence-electron chi connectivity index (χ0n) is 24.6. The molecule has 2 atom stereocenters. The third kappa shape index (κ3) is 5.89. The molecule has 1 aliphatic rings. The zero-order valence-corrected chi connectivity index (χ0v) is 24.6. The van der Waals surface area contributed by atoms with Crippen molar-refractivity contribution in [1.29, 1.82) is 0 Å². The van der Waals surface area contributed by atoms with Crippen molar-refractivity contribution < 1.29 is 41.4 Å². The van der Waals surface area contributed by atoms with Crippen LogP contribution in [0.15, 0.2) is 71.8 Å². The Bertz CT molecular complexity index is 2070. The lowest BCUT2D eigenvalue weighted by Gasteiger charge is -2.38. The molecule has 0 aliphatic carbocycles. The van der Waals surface area contributed by atoms with E-state index in [1.807, 2.05) is 24.3 Å². The van der Waals surface area contributed by atoms with E-state index < -0.39 is 59.6 Å². The Hall–Kier alpha value is -5.31. The summed E-state index contributed by atoms with van der Waals surface area (Å²) in [6, 6.07) is 9.58. The number of hydrogen-bond acceptors (Lipinski definition) is 6. The van der Waals surface area contributed by atoms with Gasteiger partial charge in [-0.1, -0.05) is 18.2 Å². The lowest BCUT2D eigenvalue weighted by molar-refractivity contribution is -0.167. The number of nitrogens with one attached hydrogen (secondary N) is 1. The van der Waals surface area contributed by atoms with E-state index in [-0.39, 0.29) is 25.1 Å². The minimum Gasteiger partial charge on any atom is -0.480 e. The first-order valence-electron chi connectivity index (χ1n) is 14.3. The summed E-state index contributed by atoms with van der Waals surface area (Å²) in [5, 5.41) is 12.8. The molecule has 244 valence electrons. The maximum absolute atomic E-state index is 15.1. The van der Waals surface area contributed by atoms with Gasteiger partial charge in [0.05, 0.1) is 24.3 Å². The summed E-state index contributed by atoms with van der Waals surface area (Å²) in [5.41, 5.74) is 0.351. The number of benzene rings is 2. The number of carboxylic acid groups (broad SMARTS) is 1.